The van der Waals surface area contributed by atoms with Crippen molar-refractivity contribution in [3.8, 4) is 0 Å². The molecule has 0 N–H and O–H groups in total. The molecule has 0 aliphatic carbocycles. The SMILES string of the molecule is CCc1cc(Br)c(/C=C\c2cc(Br)c(C=O)cc2Br)cc1Br. The monoisotopic (exact) mass is 548 g/mol. The minimum absolute atomic E-state index is 0.625. The summed E-state index contributed by atoms with van der Waals surface area (Å²) < 4.78 is 3.83. The number of benzene rings is 2. The fourth-order valence-corrected chi connectivity index (χ4v) is 4.09. The van der Waals surface area contributed by atoms with Crippen molar-refractivity contribution in [1.82, 2.24) is 0 Å². The summed E-state index contributed by atoms with van der Waals surface area (Å²) in [5.74, 6) is 0. The summed E-state index contributed by atoms with van der Waals surface area (Å²) in [5.41, 5.74) is 3.98. The molecule has 0 spiro atoms. The minimum Gasteiger partial charge on any atom is -0.298 e. The maximum absolute atomic E-state index is 10.9. The van der Waals surface area contributed by atoms with Crippen LogP contribution in [0.4, 0.5) is 0 Å². The van der Waals surface area contributed by atoms with E-state index in [-0.39, 0.29) is 0 Å². The van der Waals surface area contributed by atoms with E-state index in [1.54, 1.807) is 0 Å². The zero-order chi connectivity index (χ0) is 16.3. The van der Waals surface area contributed by atoms with Gasteiger partial charge < -0.3 is 0 Å². The fourth-order valence-electron chi connectivity index (χ4n) is 1.98. The highest BCUT2D eigenvalue weighted by molar-refractivity contribution is 9.11. The van der Waals surface area contributed by atoms with E-state index in [0.717, 1.165) is 41.7 Å². The molecule has 22 heavy (non-hydrogen) atoms. The Labute approximate surface area is 163 Å². The Kier molecular flexibility index (Phi) is 6.62. The molecule has 2 aromatic rings. The van der Waals surface area contributed by atoms with Gasteiger partial charge in [0.15, 0.2) is 6.29 Å². The first kappa shape index (κ1) is 18.1. The molecular weight excluding hydrogens is 540 g/mol. The molecule has 1 nitrogen and oxygen atoms in total. The van der Waals surface area contributed by atoms with Crippen LogP contribution in [0, 0.1) is 0 Å². The Balaban J connectivity index is 2.39. The summed E-state index contributed by atoms with van der Waals surface area (Å²) in [4.78, 5) is 10.9. The van der Waals surface area contributed by atoms with Gasteiger partial charge in [0.2, 0.25) is 0 Å². The maximum Gasteiger partial charge on any atom is 0.151 e. The number of carbonyl (C=O) groups is 1. The zero-order valence-corrected chi connectivity index (χ0v) is 18.0. The molecule has 0 heterocycles. The van der Waals surface area contributed by atoms with Gasteiger partial charge in [-0.15, -0.1) is 0 Å². The summed E-state index contributed by atoms with van der Waals surface area (Å²) in [5, 5.41) is 0. The lowest BCUT2D eigenvalue weighted by molar-refractivity contribution is 0.112. The predicted molar refractivity (Wildman–Crippen MR) is 107 cm³/mol. The van der Waals surface area contributed by atoms with Gasteiger partial charge in [-0.2, -0.15) is 0 Å². The summed E-state index contributed by atoms with van der Waals surface area (Å²) in [6.45, 7) is 2.13. The molecule has 0 atom stereocenters. The maximum atomic E-state index is 10.9. The van der Waals surface area contributed by atoms with Crippen molar-refractivity contribution in [2.24, 2.45) is 0 Å². The van der Waals surface area contributed by atoms with E-state index in [9.17, 15) is 4.79 Å². The number of halogens is 4. The standard InChI is InChI=1S/C17H12Br4O/c1-2-10-5-15(19)11(6-14(10)18)3-4-12-7-17(21)13(9-22)8-16(12)20/h3-9H,2H2,1H3/b4-3-. The van der Waals surface area contributed by atoms with Crippen LogP contribution >= 0.6 is 63.7 Å². The average Bonchev–Trinajstić information content (AvgIpc) is 2.50. The molecule has 0 unspecified atom stereocenters. The van der Waals surface area contributed by atoms with Gasteiger partial charge in [0.25, 0.3) is 0 Å². The smallest absolute Gasteiger partial charge is 0.151 e. The third-order valence-corrected chi connectivity index (χ3v) is 6.03. The van der Waals surface area contributed by atoms with Crippen molar-refractivity contribution >= 4 is 82.2 Å². The van der Waals surface area contributed by atoms with Gasteiger partial charge in [0, 0.05) is 23.5 Å². The van der Waals surface area contributed by atoms with Crippen molar-refractivity contribution in [2.75, 3.05) is 0 Å². The first-order chi connectivity index (χ1) is 10.5. The second-order valence-electron chi connectivity index (χ2n) is 4.67. The Morgan fingerprint density at radius 2 is 1.23 bits per heavy atom. The second-order valence-corrected chi connectivity index (χ2v) is 8.08. The van der Waals surface area contributed by atoms with E-state index >= 15 is 0 Å². The van der Waals surface area contributed by atoms with Gasteiger partial charge in [0.05, 0.1) is 0 Å². The lowest BCUT2D eigenvalue weighted by atomic mass is 10.1. The number of rotatable bonds is 4. The van der Waals surface area contributed by atoms with Gasteiger partial charge in [0.1, 0.15) is 0 Å². The zero-order valence-electron chi connectivity index (χ0n) is 11.7. The summed E-state index contributed by atoms with van der Waals surface area (Å²) >= 11 is 14.1. The third-order valence-electron chi connectivity index (χ3n) is 3.23. The topological polar surface area (TPSA) is 17.1 Å². The highest BCUT2D eigenvalue weighted by Crippen LogP contribution is 2.30. The lowest BCUT2D eigenvalue weighted by Crippen LogP contribution is -1.87. The van der Waals surface area contributed by atoms with Gasteiger partial charge >= 0.3 is 0 Å². The van der Waals surface area contributed by atoms with Crippen LogP contribution in [-0.4, -0.2) is 6.29 Å². The molecule has 2 aromatic carbocycles. The van der Waals surface area contributed by atoms with Crippen molar-refractivity contribution < 1.29 is 4.79 Å². The average molecular weight is 552 g/mol. The Hall–Kier alpha value is -0.230. The molecule has 2 rings (SSSR count). The lowest BCUT2D eigenvalue weighted by Gasteiger charge is -2.07. The van der Waals surface area contributed by atoms with Gasteiger partial charge in [-0.3, -0.25) is 4.79 Å². The molecule has 0 radical (unpaired) electrons. The minimum atomic E-state index is 0.625. The molecule has 0 bridgehead atoms. The molecule has 0 aliphatic rings. The van der Waals surface area contributed by atoms with Crippen LogP contribution in [0.1, 0.15) is 34.0 Å². The van der Waals surface area contributed by atoms with Crippen LogP contribution < -0.4 is 0 Å². The molecule has 0 saturated carbocycles. The van der Waals surface area contributed by atoms with E-state index in [1.165, 1.54) is 5.56 Å². The molecular formula is C17H12Br4O. The predicted octanol–water partition coefficient (Wildman–Crippen LogP) is 7.28. The second kappa shape index (κ2) is 8.04. The van der Waals surface area contributed by atoms with Gasteiger partial charge in [-0.05, 0) is 47.4 Å². The number of carbonyl (C=O) groups excluding carboxylic acids is 1. The van der Waals surface area contributed by atoms with Crippen LogP contribution in [0.3, 0.4) is 0 Å². The third kappa shape index (κ3) is 4.19. The fraction of sp³-hybridized carbons (Fsp3) is 0.118. The van der Waals surface area contributed by atoms with Crippen LogP contribution in [-0.2, 0) is 6.42 Å². The number of hydrogen-bond acceptors (Lipinski definition) is 1. The Bertz CT molecular complexity index is 751. The molecule has 114 valence electrons. The van der Waals surface area contributed by atoms with Crippen LogP contribution in [0.5, 0.6) is 0 Å². The largest absolute Gasteiger partial charge is 0.298 e. The Morgan fingerprint density at radius 1 is 0.773 bits per heavy atom. The van der Waals surface area contributed by atoms with E-state index in [4.69, 9.17) is 0 Å². The quantitative estimate of drug-likeness (QED) is 0.288. The normalized spacial score (nSPS) is 11.1. The van der Waals surface area contributed by atoms with E-state index < -0.39 is 0 Å². The molecule has 0 saturated heterocycles. The van der Waals surface area contributed by atoms with Crippen molar-refractivity contribution in [3.05, 3.63) is 64.4 Å². The first-order valence-electron chi connectivity index (χ1n) is 6.56. The summed E-state index contributed by atoms with van der Waals surface area (Å²) in [7, 11) is 0. The van der Waals surface area contributed by atoms with E-state index in [2.05, 4.69) is 82.8 Å². The van der Waals surface area contributed by atoms with Crippen LogP contribution in [0.15, 0.2) is 42.2 Å². The highest BCUT2D eigenvalue weighted by Gasteiger charge is 2.06. The molecule has 0 aliphatic heterocycles. The summed E-state index contributed by atoms with van der Waals surface area (Å²) in [6, 6.07) is 7.96. The Morgan fingerprint density at radius 3 is 1.77 bits per heavy atom. The molecule has 0 fully saturated rings. The van der Waals surface area contributed by atoms with Crippen molar-refractivity contribution in [3.63, 3.8) is 0 Å². The van der Waals surface area contributed by atoms with E-state index in [0.29, 0.717) is 5.56 Å². The molecule has 5 heteroatoms. The number of hydrogen-bond donors (Lipinski definition) is 0. The first-order valence-corrected chi connectivity index (χ1v) is 9.73. The number of aryl methyl sites for hydroxylation is 1. The van der Waals surface area contributed by atoms with E-state index in [1.807, 2.05) is 24.3 Å². The van der Waals surface area contributed by atoms with Gasteiger partial charge in [-0.25, -0.2) is 0 Å². The van der Waals surface area contributed by atoms with Crippen molar-refractivity contribution in [2.45, 2.75) is 13.3 Å². The van der Waals surface area contributed by atoms with Crippen molar-refractivity contribution in [1.29, 1.82) is 0 Å². The van der Waals surface area contributed by atoms with Crippen LogP contribution in [0.2, 0.25) is 0 Å². The molecule has 0 amide bonds. The van der Waals surface area contributed by atoms with Gasteiger partial charge in [-0.1, -0.05) is 82.8 Å². The highest BCUT2D eigenvalue weighted by atomic mass is 79.9. The summed E-state index contributed by atoms with van der Waals surface area (Å²) in [6.07, 6.45) is 5.87. The molecule has 0 aromatic heterocycles. The van der Waals surface area contributed by atoms with Crippen LogP contribution in [0.25, 0.3) is 12.2 Å². The number of aldehydes is 1.